The van der Waals surface area contributed by atoms with Crippen molar-refractivity contribution in [3.05, 3.63) is 48.0 Å². The summed E-state index contributed by atoms with van der Waals surface area (Å²) in [4.78, 5) is 22.3. The fraction of sp³-hybridized carbons (Fsp3) is 0.444. The number of aromatic nitrogens is 2. The van der Waals surface area contributed by atoms with E-state index in [9.17, 15) is 4.79 Å². The first-order valence-electron chi connectivity index (χ1n) is 8.27. The van der Waals surface area contributed by atoms with E-state index in [2.05, 4.69) is 9.97 Å². The number of nitrogens with zero attached hydrogens (tertiary/aromatic N) is 2. The largest absolute Gasteiger partial charge is 0.491 e. The van der Waals surface area contributed by atoms with Gasteiger partial charge in [0, 0.05) is 45.1 Å². The standard InChI is InChI=1S/C18H23N3O4/c1-23-8-9-25-14-5-3-4-13(10-14)18(22)21-12-15(24-2)11-16(21)17-19-6-7-20-17/h3-7,10,15-16H,8-9,11-12H2,1-2H3,(H,19,20)/t15-,16?/m1/s1. The summed E-state index contributed by atoms with van der Waals surface area (Å²) in [7, 11) is 3.29. The number of hydrogen-bond donors (Lipinski definition) is 1. The molecular formula is C18H23N3O4. The van der Waals surface area contributed by atoms with Gasteiger partial charge in [-0.3, -0.25) is 4.79 Å². The predicted molar refractivity (Wildman–Crippen MR) is 91.6 cm³/mol. The summed E-state index contributed by atoms with van der Waals surface area (Å²) in [6.07, 6.45) is 4.19. The highest BCUT2D eigenvalue weighted by molar-refractivity contribution is 5.95. The van der Waals surface area contributed by atoms with Crippen LogP contribution in [0.3, 0.4) is 0 Å². The van der Waals surface area contributed by atoms with Gasteiger partial charge in [0.15, 0.2) is 0 Å². The number of imidazole rings is 1. The number of benzene rings is 1. The van der Waals surface area contributed by atoms with Gasteiger partial charge < -0.3 is 24.1 Å². The third kappa shape index (κ3) is 4.00. The van der Waals surface area contributed by atoms with Crippen LogP contribution >= 0.6 is 0 Å². The van der Waals surface area contributed by atoms with E-state index >= 15 is 0 Å². The Morgan fingerprint density at radius 3 is 2.96 bits per heavy atom. The third-order valence-corrected chi connectivity index (χ3v) is 4.33. The number of methoxy groups -OCH3 is 2. The van der Waals surface area contributed by atoms with Gasteiger partial charge in [-0.25, -0.2) is 4.98 Å². The normalized spacial score (nSPS) is 20.0. The molecular weight excluding hydrogens is 322 g/mol. The Bertz CT molecular complexity index is 689. The van der Waals surface area contributed by atoms with Gasteiger partial charge in [0.25, 0.3) is 5.91 Å². The van der Waals surface area contributed by atoms with Gasteiger partial charge in [-0.15, -0.1) is 0 Å². The van der Waals surface area contributed by atoms with Gasteiger partial charge in [-0.2, -0.15) is 0 Å². The first-order valence-corrected chi connectivity index (χ1v) is 8.27. The van der Waals surface area contributed by atoms with Crippen LogP contribution in [0, 0.1) is 0 Å². The van der Waals surface area contributed by atoms with Crippen LogP contribution in [0.25, 0.3) is 0 Å². The van der Waals surface area contributed by atoms with Crippen LogP contribution in [-0.4, -0.2) is 60.9 Å². The second kappa shape index (κ2) is 8.13. The lowest BCUT2D eigenvalue weighted by molar-refractivity contribution is 0.0684. The number of aromatic amines is 1. The number of nitrogens with one attached hydrogen (secondary N) is 1. The van der Waals surface area contributed by atoms with E-state index in [1.54, 1.807) is 43.6 Å². The number of hydrogen-bond acceptors (Lipinski definition) is 5. The molecule has 1 aliphatic heterocycles. The monoisotopic (exact) mass is 345 g/mol. The number of amides is 1. The van der Waals surface area contributed by atoms with Crippen molar-refractivity contribution in [1.82, 2.24) is 14.9 Å². The first kappa shape index (κ1) is 17.4. The SMILES string of the molecule is COCCOc1cccc(C(=O)N2C[C@H](OC)CC2c2ncc[nH]2)c1. The molecule has 3 rings (SSSR count). The van der Waals surface area contributed by atoms with E-state index in [0.717, 1.165) is 12.2 Å². The Morgan fingerprint density at radius 1 is 1.36 bits per heavy atom. The van der Waals surface area contributed by atoms with Crippen molar-refractivity contribution in [2.75, 3.05) is 34.0 Å². The number of likely N-dealkylation sites (tertiary alicyclic amines) is 1. The smallest absolute Gasteiger partial charge is 0.254 e. The highest BCUT2D eigenvalue weighted by Crippen LogP contribution is 2.33. The maximum atomic E-state index is 13.0. The maximum absolute atomic E-state index is 13.0. The van der Waals surface area contributed by atoms with Gasteiger partial charge in [-0.1, -0.05) is 6.07 Å². The molecule has 1 amide bonds. The maximum Gasteiger partial charge on any atom is 0.254 e. The number of carbonyl (C=O) groups excluding carboxylic acids is 1. The van der Waals surface area contributed by atoms with Crippen LogP contribution in [0.4, 0.5) is 0 Å². The summed E-state index contributed by atoms with van der Waals surface area (Å²) in [5, 5.41) is 0. The fourth-order valence-electron chi connectivity index (χ4n) is 3.04. The number of ether oxygens (including phenoxy) is 3. The topological polar surface area (TPSA) is 76.7 Å². The van der Waals surface area contributed by atoms with Crippen LogP contribution in [0.1, 0.15) is 28.6 Å². The van der Waals surface area contributed by atoms with E-state index in [-0.39, 0.29) is 18.1 Å². The molecule has 1 aliphatic rings. The number of H-pyrrole nitrogens is 1. The van der Waals surface area contributed by atoms with Gasteiger partial charge >= 0.3 is 0 Å². The van der Waals surface area contributed by atoms with Gasteiger partial charge in [0.2, 0.25) is 0 Å². The molecule has 0 saturated carbocycles. The minimum absolute atomic E-state index is 0.000172. The van der Waals surface area contributed by atoms with Crippen LogP contribution in [-0.2, 0) is 9.47 Å². The van der Waals surface area contributed by atoms with E-state index in [1.165, 1.54) is 0 Å². The summed E-state index contributed by atoms with van der Waals surface area (Å²) in [6.45, 7) is 1.48. The van der Waals surface area contributed by atoms with Crippen molar-refractivity contribution in [3.63, 3.8) is 0 Å². The molecule has 1 aromatic carbocycles. The van der Waals surface area contributed by atoms with Gasteiger partial charge in [0.05, 0.1) is 18.8 Å². The molecule has 0 radical (unpaired) electrons. The molecule has 0 bridgehead atoms. The van der Waals surface area contributed by atoms with Crippen molar-refractivity contribution in [1.29, 1.82) is 0 Å². The van der Waals surface area contributed by atoms with E-state index < -0.39 is 0 Å². The van der Waals surface area contributed by atoms with E-state index in [0.29, 0.717) is 31.1 Å². The number of carbonyl (C=O) groups is 1. The molecule has 1 N–H and O–H groups in total. The molecule has 134 valence electrons. The van der Waals surface area contributed by atoms with Crippen molar-refractivity contribution in [2.24, 2.45) is 0 Å². The minimum Gasteiger partial charge on any atom is -0.491 e. The molecule has 0 spiro atoms. The van der Waals surface area contributed by atoms with Crippen LogP contribution in [0.5, 0.6) is 5.75 Å². The zero-order valence-electron chi connectivity index (χ0n) is 14.5. The third-order valence-electron chi connectivity index (χ3n) is 4.33. The molecule has 7 nitrogen and oxygen atoms in total. The molecule has 2 aromatic rings. The Labute approximate surface area is 146 Å². The lowest BCUT2D eigenvalue weighted by atomic mass is 10.1. The molecule has 1 saturated heterocycles. The quantitative estimate of drug-likeness (QED) is 0.777. The zero-order chi connectivity index (χ0) is 17.6. The zero-order valence-corrected chi connectivity index (χ0v) is 14.5. The predicted octanol–water partition coefficient (Wildman–Crippen LogP) is 2.04. The summed E-state index contributed by atoms with van der Waals surface area (Å²) >= 11 is 0. The average molecular weight is 345 g/mol. The lowest BCUT2D eigenvalue weighted by Gasteiger charge is -2.23. The summed E-state index contributed by atoms with van der Waals surface area (Å²) in [6, 6.07) is 7.09. The van der Waals surface area contributed by atoms with Gasteiger partial charge in [0.1, 0.15) is 18.2 Å². The Morgan fingerprint density at radius 2 is 2.24 bits per heavy atom. The van der Waals surface area contributed by atoms with E-state index in [4.69, 9.17) is 14.2 Å². The van der Waals surface area contributed by atoms with Crippen LogP contribution in [0.15, 0.2) is 36.7 Å². The second-order valence-electron chi connectivity index (χ2n) is 5.91. The molecule has 2 heterocycles. The summed E-state index contributed by atoms with van der Waals surface area (Å²) in [5.41, 5.74) is 0.586. The van der Waals surface area contributed by atoms with Gasteiger partial charge in [-0.05, 0) is 18.2 Å². The van der Waals surface area contributed by atoms with Crippen LogP contribution < -0.4 is 4.74 Å². The molecule has 25 heavy (non-hydrogen) atoms. The molecule has 1 aromatic heterocycles. The summed E-state index contributed by atoms with van der Waals surface area (Å²) in [5.74, 6) is 1.37. The van der Waals surface area contributed by atoms with Crippen LogP contribution in [0.2, 0.25) is 0 Å². The molecule has 1 unspecified atom stereocenters. The highest BCUT2D eigenvalue weighted by Gasteiger charge is 2.38. The molecule has 1 fully saturated rings. The van der Waals surface area contributed by atoms with E-state index in [1.807, 2.05) is 12.1 Å². The minimum atomic E-state index is -0.120. The highest BCUT2D eigenvalue weighted by atomic mass is 16.5. The average Bonchev–Trinajstić information content (AvgIpc) is 3.31. The molecule has 2 atom stereocenters. The van der Waals surface area contributed by atoms with Crippen molar-refractivity contribution < 1.29 is 19.0 Å². The Kier molecular flexibility index (Phi) is 5.67. The van der Waals surface area contributed by atoms with Crippen molar-refractivity contribution in [3.8, 4) is 5.75 Å². The fourth-order valence-corrected chi connectivity index (χ4v) is 3.04. The number of rotatable bonds is 7. The van der Waals surface area contributed by atoms with Crippen molar-refractivity contribution >= 4 is 5.91 Å². The molecule has 7 heteroatoms. The lowest BCUT2D eigenvalue weighted by Crippen LogP contribution is -2.32. The Balaban J connectivity index is 1.77. The van der Waals surface area contributed by atoms with Crippen molar-refractivity contribution in [2.45, 2.75) is 18.6 Å². The second-order valence-corrected chi connectivity index (χ2v) is 5.91. The first-order chi connectivity index (χ1) is 12.2. The molecule has 0 aliphatic carbocycles. The Hall–Kier alpha value is -2.38. The summed E-state index contributed by atoms with van der Waals surface area (Å²) < 4.78 is 16.1.